The molecule has 0 spiro atoms. The number of carbonyl (C=O) groups excluding carboxylic acids is 2. The number of amides is 1. The highest BCUT2D eigenvalue weighted by Crippen LogP contribution is 2.25. The van der Waals surface area contributed by atoms with Crippen LogP contribution >= 0.6 is 0 Å². The molecule has 1 fully saturated rings. The average Bonchev–Trinajstić information content (AvgIpc) is 2.85. The minimum Gasteiger partial charge on any atom is -0.497 e. The number of carbonyl (C=O) groups is 2. The van der Waals surface area contributed by atoms with E-state index < -0.39 is 5.97 Å². The van der Waals surface area contributed by atoms with Crippen LogP contribution in [0.5, 0.6) is 5.75 Å². The number of rotatable bonds is 9. The number of methoxy groups -OCH3 is 1. The van der Waals surface area contributed by atoms with Crippen LogP contribution in [0, 0.1) is 11.3 Å². The van der Waals surface area contributed by atoms with Gasteiger partial charge in [0.25, 0.3) is 5.91 Å². The fraction of sp³-hybridized carbons (Fsp3) is 0.400. The molecule has 33 heavy (non-hydrogen) atoms. The lowest BCUT2D eigenvalue weighted by Crippen LogP contribution is -2.50. The number of benzene rings is 2. The second-order valence-electron chi connectivity index (χ2n) is 7.85. The van der Waals surface area contributed by atoms with Gasteiger partial charge in [-0.2, -0.15) is 5.26 Å². The van der Waals surface area contributed by atoms with E-state index in [1.807, 2.05) is 36.4 Å². The Bertz CT molecular complexity index is 978. The van der Waals surface area contributed by atoms with Gasteiger partial charge in [0.15, 0.2) is 6.61 Å². The van der Waals surface area contributed by atoms with Crippen LogP contribution in [-0.2, 0) is 25.7 Å². The molecule has 0 aromatic heterocycles. The number of piperazine rings is 1. The van der Waals surface area contributed by atoms with Gasteiger partial charge in [-0.3, -0.25) is 14.5 Å². The lowest BCUT2D eigenvalue weighted by atomic mass is 10.1. The number of hydrogen-bond donors (Lipinski definition) is 0. The standard InChI is InChI=1S/C25H29N3O5/c1-19(29)32-18-25(30)28-12-10-27(11-13-28)16-24(22-4-3-5-23(14-22)31-2)33-17-21-8-6-20(15-26)7-9-21/h3-9,14,24H,10-13,16-18H2,1-2H3. The lowest BCUT2D eigenvalue weighted by molar-refractivity contribution is -0.151. The van der Waals surface area contributed by atoms with Gasteiger partial charge < -0.3 is 19.1 Å². The topological polar surface area (TPSA) is 92.1 Å². The zero-order valence-corrected chi connectivity index (χ0v) is 19.0. The van der Waals surface area contributed by atoms with Gasteiger partial charge in [0.2, 0.25) is 0 Å². The summed E-state index contributed by atoms with van der Waals surface area (Å²) < 4.78 is 16.5. The molecular weight excluding hydrogens is 422 g/mol. The van der Waals surface area contributed by atoms with Crippen LogP contribution < -0.4 is 4.74 Å². The number of esters is 1. The molecule has 0 saturated carbocycles. The molecule has 8 heteroatoms. The van der Waals surface area contributed by atoms with Crippen LogP contribution in [0.3, 0.4) is 0 Å². The van der Waals surface area contributed by atoms with Crippen molar-refractivity contribution in [3.05, 3.63) is 65.2 Å². The van der Waals surface area contributed by atoms with Crippen molar-refractivity contribution in [1.29, 1.82) is 5.26 Å². The Kier molecular flexibility index (Phi) is 8.81. The summed E-state index contributed by atoms with van der Waals surface area (Å²) in [6.07, 6.45) is -0.195. The lowest BCUT2D eigenvalue weighted by Gasteiger charge is -2.36. The summed E-state index contributed by atoms with van der Waals surface area (Å²) in [6.45, 7) is 4.70. The van der Waals surface area contributed by atoms with Crippen LogP contribution in [0.1, 0.15) is 29.7 Å². The quantitative estimate of drug-likeness (QED) is 0.541. The third-order valence-corrected chi connectivity index (χ3v) is 5.55. The fourth-order valence-corrected chi connectivity index (χ4v) is 3.64. The van der Waals surface area contributed by atoms with Crippen LogP contribution in [0.4, 0.5) is 0 Å². The van der Waals surface area contributed by atoms with Gasteiger partial charge >= 0.3 is 5.97 Å². The second-order valence-corrected chi connectivity index (χ2v) is 7.85. The third kappa shape index (κ3) is 7.31. The minimum absolute atomic E-state index is 0.175. The van der Waals surface area contributed by atoms with Gasteiger partial charge in [-0.25, -0.2) is 0 Å². The molecule has 2 aromatic carbocycles. The van der Waals surface area contributed by atoms with E-state index >= 15 is 0 Å². The van der Waals surface area contributed by atoms with Gasteiger partial charge in [-0.1, -0.05) is 24.3 Å². The first-order valence-electron chi connectivity index (χ1n) is 10.9. The Hall–Kier alpha value is -3.41. The van der Waals surface area contributed by atoms with Crippen molar-refractivity contribution in [2.45, 2.75) is 19.6 Å². The van der Waals surface area contributed by atoms with Crippen LogP contribution in [0.2, 0.25) is 0 Å². The molecule has 0 bridgehead atoms. The van der Waals surface area contributed by atoms with Crippen molar-refractivity contribution in [3.8, 4) is 11.8 Å². The van der Waals surface area contributed by atoms with Gasteiger partial charge in [0.05, 0.1) is 31.5 Å². The molecule has 0 aliphatic carbocycles. The smallest absolute Gasteiger partial charge is 0.303 e. The maximum atomic E-state index is 12.2. The van der Waals surface area contributed by atoms with E-state index in [2.05, 4.69) is 11.0 Å². The summed E-state index contributed by atoms with van der Waals surface area (Å²) in [5.74, 6) is 0.133. The highest BCUT2D eigenvalue weighted by atomic mass is 16.5. The molecule has 1 atom stereocenters. The molecule has 1 heterocycles. The van der Waals surface area contributed by atoms with Gasteiger partial charge in [-0.05, 0) is 35.4 Å². The first-order valence-corrected chi connectivity index (χ1v) is 10.9. The summed E-state index contributed by atoms with van der Waals surface area (Å²) in [7, 11) is 1.64. The summed E-state index contributed by atoms with van der Waals surface area (Å²) in [4.78, 5) is 27.1. The van der Waals surface area contributed by atoms with Crippen molar-refractivity contribution in [2.75, 3.05) is 46.4 Å². The van der Waals surface area contributed by atoms with Crippen molar-refractivity contribution in [2.24, 2.45) is 0 Å². The Morgan fingerprint density at radius 2 is 1.82 bits per heavy atom. The van der Waals surface area contributed by atoms with Gasteiger partial charge in [-0.15, -0.1) is 0 Å². The Labute approximate surface area is 194 Å². The number of nitriles is 1. The van der Waals surface area contributed by atoms with Crippen molar-refractivity contribution < 1.29 is 23.8 Å². The molecule has 0 radical (unpaired) electrons. The van der Waals surface area contributed by atoms with E-state index in [1.54, 1.807) is 24.1 Å². The SMILES string of the molecule is COc1cccc(C(CN2CCN(C(=O)COC(C)=O)CC2)OCc2ccc(C#N)cc2)c1. The van der Waals surface area contributed by atoms with E-state index in [1.165, 1.54) is 6.92 Å². The molecular formula is C25H29N3O5. The van der Waals surface area contributed by atoms with E-state index in [0.29, 0.717) is 44.9 Å². The normalized spacial score (nSPS) is 14.9. The zero-order valence-electron chi connectivity index (χ0n) is 19.0. The van der Waals surface area contributed by atoms with Crippen LogP contribution in [0.25, 0.3) is 0 Å². The minimum atomic E-state index is -0.456. The number of ether oxygens (including phenoxy) is 3. The largest absolute Gasteiger partial charge is 0.497 e. The summed E-state index contributed by atoms with van der Waals surface area (Å²) >= 11 is 0. The maximum Gasteiger partial charge on any atom is 0.303 e. The summed E-state index contributed by atoms with van der Waals surface area (Å²) in [5, 5.41) is 8.99. The number of nitrogens with zero attached hydrogens (tertiary/aromatic N) is 3. The predicted octanol–water partition coefficient (Wildman–Crippen LogP) is 2.53. The van der Waals surface area contributed by atoms with E-state index in [4.69, 9.17) is 19.5 Å². The Morgan fingerprint density at radius 3 is 2.45 bits per heavy atom. The Morgan fingerprint density at radius 1 is 1.09 bits per heavy atom. The highest BCUT2D eigenvalue weighted by molar-refractivity contribution is 5.80. The average molecular weight is 452 g/mol. The third-order valence-electron chi connectivity index (χ3n) is 5.55. The zero-order chi connectivity index (χ0) is 23.6. The molecule has 1 unspecified atom stereocenters. The van der Waals surface area contributed by atoms with Crippen LogP contribution in [-0.4, -0.2) is 68.1 Å². The Balaban J connectivity index is 1.62. The van der Waals surface area contributed by atoms with Gasteiger partial charge in [0.1, 0.15) is 5.75 Å². The van der Waals surface area contributed by atoms with Crippen molar-refractivity contribution >= 4 is 11.9 Å². The highest BCUT2D eigenvalue weighted by Gasteiger charge is 2.25. The predicted molar refractivity (Wildman–Crippen MR) is 121 cm³/mol. The monoisotopic (exact) mass is 451 g/mol. The van der Waals surface area contributed by atoms with E-state index in [-0.39, 0.29) is 18.6 Å². The van der Waals surface area contributed by atoms with Crippen molar-refractivity contribution in [1.82, 2.24) is 9.80 Å². The van der Waals surface area contributed by atoms with E-state index in [0.717, 1.165) is 16.9 Å². The fourth-order valence-electron chi connectivity index (χ4n) is 3.64. The van der Waals surface area contributed by atoms with Gasteiger partial charge in [0, 0.05) is 39.6 Å². The van der Waals surface area contributed by atoms with Crippen LogP contribution in [0.15, 0.2) is 48.5 Å². The number of hydrogen-bond acceptors (Lipinski definition) is 7. The first kappa shape index (κ1) is 24.2. The van der Waals surface area contributed by atoms with Crippen molar-refractivity contribution in [3.63, 3.8) is 0 Å². The summed E-state index contributed by atoms with van der Waals surface area (Å²) in [6, 6.07) is 17.3. The molecule has 8 nitrogen and oxygen atoms in total. The molecule has 3 rings (SSSR count). The first-order chi connectivity index (χ1) is 16.0. The summed E-state index contributed by atoms with van der Waals surface area (Å²) in [5.41, 5.74) is 2.61. The molecule has 2 aromatic rings. The van der Waals surface area contributed by atoms with E-state index in [9.17, 15) is 9.59 Å². The molecule has 1 amide bonds. The second kappa shape index (κ2) is 12.0. The molecule has 1 aliphatic heterocycles. The molecule has 174 valence electrons. The maximum absolute atomic E-state index is 12.2. The molecule has 0 N–H and O–H groups in total. The molecule has 1 saturated heterocycles. The molecule has 1 aliphatic rings.